The normalized spacial score (nSPS) is 11.0. The van der Waals surface area contributed by atoms with E-state index in [9.17, 15) is 0 Å². The largest absolute Gasteiger partial charge is 0.325 e. The first kappa shape index (κ1) is 10.0. The van der Waals surface area contributed by atoms with Crippen LogP contribution in [0.3, 0.4) is 0 Å². The molecule has 0 aliphatic rings. The van der Waals surface area contributed by atoms with Crippen molar-refractivity contribution in [2.45, 2.75) is 31.4 Å². The maximum atomic E-state index is 5.46. The lowest BCUT2D eigenvalue weighted by atomic mass is 10.5. The van der Waals surface area contributed by atoms with Crippen LogP contribution in [0.5, 0.6) is 0 Å². The van der Waals surface area contributed by atoms with Gasteiger partial charge in [0.15, 0.2) is 0 Å². The van der Waals surface area contributed by atoms with Crippen LogP contribution in [0.2, 0.25) is 0 Å². The highest BCUT2D eigenvalue weighted by Crippen LogP contribution is 2.19. The quantitative estimate of drug-likeness (QED) is 0.814. The molecule has 0 unspecified atom stereocenters. The molecule has 0 aliphatic carbocycles. The highest BCUT2D eigenvalue weighted by molar-refractivity contribution is 7.99. The standard InChI is InChI=1S/C8H14N2S2/c1-6(2)11-5-8-10-7(3-9)4-12-8/h4,6H,3,5,9H2,1-2H3. The van der Waals surface area contributed by atoms with Crippen LogP contribution in [-0.4, -0.2) is 10.2 Å². The van der Waals surface area contributed by atoms with Crippen LogP contribution in [0.4, 0.5) is 0 Å². The zero-order valence-corrected chi connectivity index (χ0v) is 9.04. The second-order valence-corrected chi connectivity index (χ2v) is 5.30. The van der Waals surface area contributed by atoms with E-state index in [0.29, 0.717) is 11.8 Å². The molecule has 68 valence electrons. The summed E-state index contributed by atoms with van der Waals surface area (Å²) in [5.41, 5.74) is 6.47. The van der Waals surface area contributed by atoms with Gasteiger partial charge in [-0.2, -0.15) is 11.8 Å². The average molecular weight is 202 g/mol. The number of nitrogens with zero attached hydrogens (tertiary/aromatic N) is 1. The Kier molecular flexibility index (Phi) is 4.05. The predicted molar refractivity (Wildman–Crippen MR) is 56.4 cm³/mol. The topological polar surface area (TPSA) is 38.9 Å². The fraction of sp³-hybridized carbons (Fsp3) is 0.625. The van der Waals surface area contributed by atoms with Gasteiger partial charge in [-0.15, -0.1) is 11.3 Å². The maximum absolute atomic E-state index is 5.46. The van der Waals surface area contributed by atoms with Crippen molar-refractivity contribution in [1.29, 1.82) is 0 Å². The Labute approximate surface area is 81.6 Å². The van der Waals surface area contributed by atoms with Crippen molar-refractivity contribution in [2.24, 2.45) is 5.73 Å². The smallest absolute Gasteiger partial charge is 0.103 e. The number of hydrogen-bond acceptors (Lipinski definition) is 4. The van der Waals surface area contributed by atoms with E-state index in [1.807, 2.05) is 17.1 Å². The van der Waals surface area contributed by atoms with Gasteiger partial charge in [0.05, 0.1) is 5.69 Å². The molecule has 2 N–H and O–H groups in total. The number of aromatic nitrogens is 1. The summed E-state index contributed by atoms with van der Waals surface area (Å²) in [5, 5.41) is 3.90. The zero-order valence-electron chi connectivity index (χ0n) is 7.41. The summed E-state index contributed by atoms with van der Waals surface area (Å²) in [6.45, 7) is 4.95. The predicted octanol–water partition coefficient (Wildman–Crippen LogP) is 2.24. The van der Waals surface area contributed by atoms with E-state index in [1.54, 1.807) is 11.3 Å². The molecule has 0 aliphatic heterocycles. The second kappa shape index (κ2) is 4.84. The molecule has 1 aromatic heterocycles. The highest BCUT2D eigenvalue weighted by atomic mass is 32.2. The maximum Gasteiger partial charge on any atom is 0.103 e. The van der Waals surface area contributed by atoms with Crippen LogP contribution in [0.1, 0.15) is 24.5 Å². The number of thioether (sulfide) groups is 1. The number of hydrogen-bond donors (Lipinski definition) is 1. The Morgan fingerprint density at radius 1 is 1.67 bits per heavy atom. The average Bonchev–Trinajstić information content (AvgIpc) is 2.48. The summed E-state index contributed by atoms with van der Waals surface area (Å²) in [6, 6.07) is 0. The van der Waals surface area contributed by atoms with Gasteiger partial charge in [0, 0.05) is 17.7 Å². The number of rotatable bonds is 4. The molecule has 0 saturated heterocycles. The molecule has 0 radical (unpaired) electrons. The van der Waals surface area contributed by atoms with Gasteiger partial charge in [0.2, 0.25) is 0 Å². The van der Waals surface area contributed by atoms with E-state index in [-0.39, 0.29) is 0 Å². The fourth-order valence-corrected chi connectivity index (χ4v) is 2.35. The van der Waals surface area contributed by atoms with Gasteiger partial charge >= 0.3 is 0 Å². The molecule has 0 atom stereocenters. The lowest BCUT2D eigenvalue weighted by molar-refractivity contribution is 0.995. The Hall–Kier alpha value is -0.0600. The molecular weight excluding hydrogens is 188 g/mol. The van der Waals surface area contributed by atoms with Crippen molar-refractivity contribution < 1.29 is 0 Å². The Bertz CT molecular complexity index is 233. The van der Waals surface area contributed by atoms with Crippen molar-refractivity contribution in [3.05, 3.63) is 16.1 Å². The highest BCUT2D eigenvalue weighted by Gasteiger charge is 2.01. The molecule has 0 aromatic carbocycles. The molecule has 0 fully saturated rings. The van der Waals surface area contributed by atoms with Gasteiger partial charge in [0.1, 0.15) is 5.01 Å². The molecule has 0 amide bonds. The van der Waals surface area contributed by atoms with Gasteiger partial charge in [-0.1, -0.05) is 13.8 Å². The lowest BCUT2D eigenvalue weighted by Crippen LogP contribution is -1.96. The van der Waals surface area contributed by atoms with E-state index in [1.165, 1.54) is 5.01 Å². The molecule has 1 aromatic rings. The van der Waals surface area contributed by atoms with Crippen molar-refractivity contribution in [1.82, 2.24) is 4.98 Å². The lowest BCUT2D eigenvalue weighted by Gasteiger charge is -2.00. The van der Waals surface area contributed by atoms with Crippen molar-refractivity contribution in [2.75, 3.05) is 0 Å². The molecule has 1 heterocycles. The minimum Gasteiger partial charge on any atom is -0.325 e. The first-order valence-corrected chi connectivity index (χ1v) is 5.90. The van der Waals surface area contributed by atoms with Gasteiger partial charge in [-0.25, -0.2) is 4.98 Å². The molecule has 12 heavy (non-hydrogen) atoms. The molecule has 1 rings (SSSR count). The summed E-state index contributed by atoms with van der Waals surface area (Å²) in [5.74, 6) is 1.02. The van der Waals surface area contributed by atoms with Crippen LogP contribution in [0.25, 0.3) is 0 Å². The van der Waals surface area contributed by atoms with Crippen molar-refractivity contribution in [3.8, 4) is 0 Å². The first-order chi connectivity index (χ1) is 5.72. The van der Waals surface area contributed by atoms with Crippen LogP contribution in [0, 0.1) is 0 Å². The number of thiazole rings is 1. The first-order valence-electron chi connectivity index (χ1n) is 3.97. The summed E-state index contributed by atoms with van der Waals surface area (Å²) >= 11 is 3.62. The van der Waals surface area contributed by atoms with Crippen molar-refractivity contribution in [3.63, 3.8) is 0 Å². The second-order valence-electron chi connectivity index (χ2n) is 2.80. The molecular formula is C8H14N2S2. The molecule has 0 saturated carbocycles. The zero-order chi connectivity index (χ0) is 8.97. The van der Waals surface area contributed by atoms with E-state index < -0.39 is 0 Å². The fourth-order valence-electron chi connectivity index (χ4n) is 0.747. The minimum atomic E-state index is 0.558. The third-order valence-corrected chi connectivity index (χ3v) is 3.54. The monoisotopic (exact) mass is 202 g/mol. The van der Waals surface area contributed by atoms with E-state index in [2.05, 4.69) is 18.8 Å². The van der Waals surface area contributed by atoms with E-state index >= 15 is 0 Å². The molecule has 2 nitrogen and oxygen atoms in total. The summed E-state index contributed by atoms with van der Waals surface area (Å²) in [7, 11) is 0. The number of nitrogens with two attached hydrogens (primary N) is 1. The Morgan fingerprint density at radius 2 is 2.42 bits per heavy atom. The molecule has 0 bridgehead atoms. The van der Waals surface area contributed by atoms with Crippen LogP contribution >= 0.6 is 23.1 Å². The minimum absolute atomic E-state index is 0.558. The van der Waals surface area contributed by atoms with Crippen LogP contribution < -0.4 is 5.73 Å². The van der Waals surface area contributed by atoms with Gasteiger partial charge in [-0.05, 0) is 5.25 Å². The summed E-state index contributed by atoms with van der Waals surface area (Å²) in [6.07, 6.45) is 0. The van der Waals surface area contributed by atoms with E-state index in [0.717, 1.165) is 11.4 Å². The van der Waals surface area contributed by atoms with Crippen LogP contribution in [0.15, 0.2) is 5.38 Å². The molecule has 4 heteroatoms. The van der Waals surface area contributed by atoms with Gasteiger partial charge < -0.3 is 5.73 Å². The summed E-state index contributed by atoms with van der Waals surface area (Å²) < 4.78 is 0. The van der Waals surface area contributed by atoms with Gasteiger partial charge in [-0.3, -0.25) is 0 Å². The van der Waals surface area contributed by atoms with Crippen molar-refractivity contribution >= 4 is 23.1 Å². The SMILES string of the molecule is CC(C)SCc1nc(CN)cs1. The Balaban J connectivity index is 2.41. The summed E-state index contributed by atoms with van der Waals surface area (Å²) in [4.78, 5) is 4.37. The van der Waals surface area contributed by atoms with E-state index in [4.69, 9.17) is 5.73 Å². The third-order valence-electron chi connectivity index (χ3n) is 1.35. The third kappa shape index (κ3) is 3.13. The Morgan fingerprint density at radius 3 is 2.92 bits per heavy atom. The van der Waals surface area contributed by atoms with Crippen LogP contribution in [-0.2, 0) is 12.3 Å². The van der Waals surface area contributed by atoms with Gasteiger partial charge in [0.25, 0.3) is 0 Å². The molecule has 0 spiro atoms.